The normalized spacial score (nSPS) is 16.0. The predicted octanol–water partition coefficient (Wildman–Crippen LogP) is 3.59. The highest BCUT2D eigenvalue weighted by atomic mass is 16.5. The predicted molar refractivity (Wildman–Crippen MR) is 129 cm³/mol. The number of amidine groups is 1. The second-order valence-electron chi connectivity index (χ2n) is 8.03. The maximum atomic E-state index is 12.7. The van der Waals surface area contributed by atoms with Crippen LogP contribution in [0.3, 0.4) is 0 Å². The molecule has 1 aliphatic rings. The summed E-state index contributed by atoms with van der Waals surface area (Å²) in [7, 11) is 1.66. The van der Waals surface area contributed by atoms with Gasteiger partial charge in [0.25, 0.3) is 5.91 Å². The lowest BCUT2D eigenvalue weighted by molar-refractivity contribution is 0.0942. The average Bonchev–Trinajstić information content (AvgIpc) is 3.26. The molecule has 0 bridgehead atoms. The molecule has 1 aliphatic heterocycles. The van der Waals surface area contributed by atoms with Gasteiger partial charge in [-0.25, -0.2) is 0 Å². The molecule has 0 saturated heterocycles. The van der Waals surface area contributed by atoms with E-state index in [4.69, 9.17) is 4.74 Å². The summed E-state index contributed by atoms with van der Waals surface area (Å²) in [6.45, 7) is 2.61. The van der Waals surface area contributed by atoms with Crippen LogP contribution in [0.5, 0.6) is 5.75 Å². The van der Waals surface area contributed by atoms with Crippen LogP contribution in [0.4, 0.5) is 0 Å². The molecule has 4 rings (SSSR count). The molecule has 1 unspecified atom stereocenters. The van der Waals surface area contributed by atoms with Crippen LogP contribution >= 0.6 is 0 Å². The molecule has 0 spiro atoms. The number of aryl methyl sites for hydroxylation is 1. The summed E-state index contributed by atoms with van der Waals surface area (Å²) < 4.78 is 5.29. The molecule has 2 N–H and O–H groups in total. The monoisotopic (exact) mass is 443 g/mol. The highest BCUT2D eigenvalue weighted by Gasteiger charge is 2.31. The number of rotatable bonds is 9. The lowest BCUT2D eigenvalue weighted by Crippen LogP contribution is -2.48. The van der Waals surface area contributed by atoms with Crippen LogP contribution in [-0.2, 0) is 13.0 Å². The summed E-state index contributed by atoms with van der Waals surface area (Å²) in [5, 5.41) is 7.65. The van der Waals surface area contributed by atoms with E-state index in [-0.39, 0.29) is 18.1 Å². The van der Waals surface area contributed by atoms with Crippen LogP contribution in [0.1, 0.15) is 35.0 Å². The van der Waals surface area contributed by atoms with E-state index in [0.29, 0.717) is 12.2 Å². The Labute approximate surface area is 194 Å². The first kappa shape index (κ1) is 22.3. The third-order valence-corrected chi connectivity index (χ3v) is 5.69. The Morgan fingerprint density at radius 3 is 2.52 bits per heavy atom. The Hall–Kier alpha value is -3.87. The van der Waals surface area contributed by atoms with Crippen LogP contribution in [0.25, 0.3) is 0 Å². The standard InChI is InChI=1S/C26H29N5O2/c1-19(28-26(32)23-10-6-7-17-27-23)25-30-29-24(16-13-20-8-4-3-5-9-20)31(25)18-21-11-14-22(33-2)15-12-21/h3-12,14-15,17,19,24,29H,13,16,18H2,1-2H3,(H,28,32)/t19-,24?/m1/s1. The van der Waals surface area contributed by atoms with Crippen molar-refractivity contribution >= 4 is 11.7 Å². The van der Waals surface area contributed by atoms with Crippen molar-refractivity contribution in [1.82, 2.24) is 20.6 Å². The van der Waals surface area contributed by atoms with Gasteiger partial charge >= 0.3 is 0 Å². The zero-order valence-electron chi connectivity index (χ0n) is 18.9. The van der Waals surface area contributed by atoms with Crippen molar-refractivity contribution in [2.24, 2.45) is 5.10 Å². The van der Waals surface area contributed by atoms with Gasteiger partial charge in [-0.05, 0) is 55.2 Å². The average molecular weight is 444 g/mol. The minimum absolute atomic E-state index is 0.0245. The Morgan fingerprint density at radius 1 is 1.06 bits per heavy atom. The quantitative estimate of drug-likeness (QED) is 0.529. The number of hydrogen-bond donors (Lipinski definition) is 2. The number of nitrogens with one attached hydrogen (secondary N) is 2. The molecule has 1 aromatic heterocycles. The molecule has 0 radical (unpaired) electrons. The van der Waals surface area contributed by atoms with Gasteiger partial charge in [0.2, 0.25) is 0 Å². The van der Waals surface area contributed by atoms with E-state index in [2.05, 4.69) is 62.1 Å². The third kappa shape index (κ3) is 5.68. The zero-order valence-corrected chi connectivity index (χ0v) is 18.9. The first-order valence-electron chi connectivity index (χ1n) is 11.1. The van der Waals surface area contributed by atoms with E-state index >= 15 is 0 Å². The van der Waals surface area contributed by atoms with Gasteiger partial charge in [-0.2, -0.15) is 5.10 Å². The Morgan fingerprint density at radius 2 is 1.82 bits per heavy atom. The molecule has 170 valence electrons. The van der Waals surface area contributed by atoms with E-state index in [1.807, 2.05) is 25.1 Å². The molecule has 3 aromatic rings. The fraction of sp³-hybridized carbons (Fsp3) is 0.269. The number of hydrogen-bond acceptors (Lipinski definition) is 6. The summed E-state index contributed by atoms with van der Waals surface area (Å²) in [4.78, 5) is 19.0. The summed E-state index contributed by atoms with van der Waals surface area (Å²) in [5.74, 6) is 1.40. The van der Waals surface area contributed by atoms with Crippen molar-refractivity contribution in [1.29, 1.82) is 0 Å². The largest absolute Gasteiger partial charge is 0.497 e. The number of ether oxygens (including phenoxy) is 1. The number of methoxy groups -OCH3 is 1. The van der Waals surface area contributed by atoms with Gasteiger partial charge in [-0.3, -0.25) is 15.2 Å². The molecule has 33 heavy (non-hydrogen) atoms. The molecule has 2 heterocycles. The number of pyridine rings is 1. The topological polar surface area (TPSA) is 78.8 Å². The second-order valence-corrected chi connectivity index (χ2v) is 8.03. The summed E-state index contributed by atoms with van der Waals surface area (Å²) in [5.41, 5.74) is 6.10. The molecule has 7 heteroatoms. The minimum atomic E-state index is -0.285. The highest BCUT2D eigenvalue weighted by molar-refractivity contribution is 5.97. The number of benzene rings is 2. The maximum absolute atomic E-state index is 12.7. The molecular weight excluding hydrogens is 414 g/mol. The van der Waals surface area contributed by atoms with Crippen molar-refractivity contribution in [2.75, 3.05) is 7.11 Å². The van der Waals surface area contributed by atoms with E-state index in [9.17, 15) is 4.79 Å². The van der Waals surface area contributed by atoms with Gasteiger partial charge in [0.05, 0.1) is 13.2 Å². The molecule has 0 fully saturated rings. The van der Waals surface area contributed by atoms with E-state index in [1.165, 1.54) is 5.56 Å². The SMILES string of the molecule is COc1ccc(CN2C([C@@H](C)NC(=O)c3ccccn3)=NNC2CCc2ccccc2)cc1. The Balaban J connectivity index is 1.48. The molecule has 7 nitrogen and oxygen atoms in total. The van der Waals surface area contributed by atoms with E-state index in [0.717, 1.165) is 30.0 Å². The second kappa shape index (κ2) is 10.6. The van der Waals surface area contributed by atoms with Crippen molar-refractivity contribution in [2.45, 2.75) is 38.5 Å². The first-order chi connectivity index (χ1) is 16.1. The zero-order chi connectivity index (χ0) is 23.0. The van der Waals surface area contributed by atoms with Crippen LogP contribution < -0.4 is 15.5 Å². The molecule has 0 aliphatic carbocycles. The fourth-order valence-electron chi connectivity index (χ4n) is 3.90. The fourth-order valence-corrected chi connectivity index (χ4v) is 3.90. The van der Waals surface area contributed by atoms with Gasteiger partial charge in [-0.1, -0.05) is 48.5 Å². The van der Waals surface area contributed by atoms with Gasteiger partial charge in [0, 0.05) is 12.7 Å². The molecular formula is C26H29N5O2. The van der Waals surface area contributed by atoms with Gasteiger partial charge in [0.15, 0.2) is 0 Å². The minimum Gasteiger partial charge on any atom is -0.497 e. The van der Waals surface area contributed by atoms with Crippen molar-refractivity contribution < 1.29 is 9.53 Å². The van der Waals surface area contributed by atoms with E-state index < -0.39 is 0 Å². The van der Waals surface area contributed by atoms with Crippen molar-refractivity contribution in [3.05, 3.63) is 95.8 Å². The first-order valence-corrected chi connectivity index (χ1v) is 11.1. The van der Waals surface area contributed by atoms with Crippen molar-refractivity contribution in [3.8, 4) is 5.75 Å². The Kier molecular flexibility index (Phi) is 7.19. The van der Waals surface area contributed by atoms with Crippen LogP contribution in [-0.4, -0.2) is 40.9 Å². The number of hydrazone groups is 1. The van der Waals surface area contributed by atoms with Crippen LogP contribution in [0, 0.1) is 0 Å². The summed E-state index contributed by atoms with van der Waals surface area (Å²) in [6, 6.07) is 23.5. The number of aromatic nitrogens is 1. The van der Waals surface area contributed by atoms with Crippen molar-refractivity contribution in [3.63, 3.8) is 0 Å². The maximum Gasteiger partial charge on any atom is 0.270 e. The van der Waals surface area contributed by atoms with Gasteiger partial charge < -0.3 is 15.0 Å². The lowest BCUT2D eigenvalue weighted by atomic mass is 10.1. The Bertz CT molecular complexity index is 1070. The number of carbonyl (C=O) groups is 1. The third-order valence-electron chi connectivity index (χ3n) is 5.69. The van der Waals surface area contributed by atoms with E-state index in [1.54, 1.807) is 31.5 Å². The van der Waals surface area contributed by atoms with Crippen LogP contribution in [0.2, 0.25) is 0 Å². The highest BCUT2D eigenvalue weighted by Crippen LogP contribution is 2.20. The smallest absolute Gasteiger partial charge is 0.270 e. The van der Waals surface area contributed by atoms with Gasteiger partial charge in [-0.15, -0.1) is 0 Å². The molecule has 0 saturated carbocycles. The molecule has 2 atom stereocenters. The van der Waals surface area contributed by atoms with Crippen LogP contribution in [0.15, 0.2) is 84.1 Å². The number of nitrogens with zero attached hydrogens (tertiary/aromatic N) is 3. The number of amides is 1. The number of carbonyl (C=O) groups excluding carboxylic acids is 1. The lowest BCUT2D eigenvalue weighted by Gasteiger charge is -2.30. The molecule has 1 amide bonds. The molecule has 2 aromatic carbocycles. The summed E-state index contributed by atoms with van der Waals surface area (Å²) >= 11 is 0. The summed E-state index contributed by atoms with van der Waals surface area (Å²) in [6.07, 6.45) is 3.45. The van der Waals surface area contributed by atoms with Gasteiger partial charge in [0.1, 0.15) is 23.4 Å².